The molecule has 2 atom stereocenters. The lowest BCUT2D eigenvalue weighted by Crippen LogP contribution is -2.56. The Kier molecular flexibility index (Phi) is 3.11. The molecule has 5 nitrogen and oxygen atoms in total. The van der Waals surface area contributed by atoms with E-state index >= 15 is 0 Å². The molecule has 0 saturated carbocycles. The number of ether oxygens (including phenoxy) is 1. The van der Waals surface area contributed by atoms with Crippen molar-refractivity contribution >= 4 is 5.96 Å². The third kappa shape index (κ3) is 2.10. The Morgan fingerprint density at radius 2 is 2.38 bits per heavy atom. The Hall–Kier alpha value is -0.810. The van der Waals surface area contributed by atoms with E-state index < -0.39 is 0 Å². The minimum Gasteiger partial charge on any atom is -0.376 e. The van der Waals surface area contributed by atoms with Gasteiger partial charge < -0.3 is 10.1 Å². The summed E-state index contributed by atoms with van der Waals surface area (Å²) in [6.07, 6.45) is 1.15. The van der Waals surface area contributed by atoms with Gasteiger partial charge in [-0.2, -0.15) is 0 Å². The van der Waals surface area contributed by atoms with Gasteiger partial charge in [-0.3, -0.25) is 10.4 Å². The van der Waals surface area contributed by atoms with Crippen LogP contribution in [0.2, 0.25) is 0 Å². The minimum absolute atomic E-state index is 0.0682. The highest BCUT2D eigenvalue weighted by Crippen LogP contribution is 2.24. The maximum Gasteiger partial charge on any atom is 0.205 e. The number of aliphatic imine (C=N–C) groups is 1. The van der Waals surface area contributed by atoms with E-state index in [1.165, 1.54) is 0 Å². The number of nitrogens with two attached hydrogens (primary N) is 1. The molecule has 1 heterocycles. The Morgan fingerprint density at radius 1 is 1.69 bits per heavy atom. The Balaban J connectivity index is 2.60. The van der Waals surface area contributed by atoms with Gasteiger partial charge in [0.15, 0.2) is 0 Å². The summed E-state index contributed by atoms with van der Waals surface area (Å²) in [5.41, 5.74) is 2.44. The van der Waals surface area contributed by atoms with E-state index in [1.54, 1.807) is 7.05 Å². The Bertz CT molecular complexity index is 206. The summed E-state index contributed by atoms with van der Waals surface area (Å²) in [6.45, 7) is 4.93. The molecule has 4 N–H and O–H groups in total. The van der Waals surface area contributed by atoms with Crippen LogP contribution in [0.4, 0.5) is 0 Å². The van der Waals surface area contributed by atoms with Crippen LogP contribution in [-0.2, 0) is 4.74 Å². The van der Waals surface area contributed by atoms with E-state index in [1.807, 2.05) is 6.92 Å². The molecule has 1 fully saturated rings. The molecule has 0 aromatic heterocycles. The largest absolute Gasteiger partial charge is 0.376 e. The molecule has 2 unspecified atom stereocenters. The molecular formula is C8H18N4O. The van der Waals surface area contributed by atoms with Crippen LogP contribution in [0.3, 0.4) is 0 Å². The summed E-state index contributed by atoms with van der Waals surface area (Å²) in [5.74, 6) is 5.88. The van der Waals surface area contributed by atoms with Gasteiger partial charge in [-0.05, 0) is 20.3 Å². The molecular weight excluding hydrogens is 168 g/mol. The molecule has 0 amide bonds. The van der Waals surface area contributed by atoms with Crippen molar-refractivity contribution in [3.05, 3.63) is 0 Å². The summed E-state index contributed by atoms with van der Waals surface area (Å²) >= 11 is 0. The molecule has 5 heteroatoms. The Labute approximate surface area is 78.7 Å². The second-order valence-electron chi connectivity index (χ2n) is 3.52. The summed E-state index contributed by atoms with van der Waals surface area (Å²) < 4.78 is 5.47. The van der Waals surface area contributed by atoms with Crippen LogP contribution < -0.4 is 16.6 Å². The van der Waals surface area contributed by atoms with Crippen molar-refractivity contribution in [2.75, 3.05) is 13.7 Å². The molecule has 0 radical (unpaired) electrons. The van der Waals surface area contributed by atoms with Crippen LogP contribution in [0.1, 0.15) is 20.3 Å². The molecule has 1 rings (SSSR count). The average molecular weight is 186 g/mol. The highest BCUT2D eigenvalue weighted by Gasteiger charge is 2.37. The summed E-state index contributed by atoms with van der Waals surface area (Å²) in [7, 11) is 1.69. The molecule has 0 aromatic carbocycles. The lowest BCUT2D eigenvalue weighted by atomic mass is 9.95. The number of nitrogens with zero attached hydrogens (tertiary/aromatic N) is 1. The molecule has 0 bridgehead atoms. The zero-order valence-electron chi connectivity index (χ0n) is 8.42. The highest BCUT2D eigenvalue weighted by molar-refractivity contribution is 5.79. The second-order valence-corrected chi connectivity index (χ2v) is 3.52. The number of guanidine groups is 1. The second kappa shape index (κ2) is 3.93. The van der Waals surface area contributed by atoms with E-state index in [9.17, 15) is 0 Å². The van der Waals surface area contributed by atoms with Gasteiger partial charge in [0, 0.05) is 13.7 Å². The first-order valence-corrected chi connectivity index (χ1v) is 4.45. The maximum atomic E-state index is 5.47. The van der Waals surface area contributed by atoms with Crippen LogP contribution in [-0.4, -0.2) is 31.3 Å². The summed E-state index contributed by atoms with van der Waals surface area (Å²) in [4.78, 5) is 3.96. The molecule has 0 aliphatic carbocycles. The molecule has 1 saturated heterocycles. The van der Waals surface area contributed by atoms with Crippen LogP contribution in [0.15, 0.2) is 4.99 Å². The molecule has 13 heavy (non-hydrogen) atoms. The van der Waals surface area contributed by atoms with Gasteiger partial charge in [0.05, 0.1) is 11.6 Å². The van der Waals surface area contributed by atoms with Gasteiger partial charge in [-0.25, -0.2) is 5.84 Å². The van der Waals surface area contributed by atoms with Crippen molar-refractivity contribution < 1.29 is 4.74 Å². The van der Waals surface area contributed by atoms with Crippen molar-refractivity contribution in [2.24, 2.45) is 10.8 Å². The smallest absolute Gasteiger partial charge is 0.205 e. The van der Waals surface area contributed by atoms with Crippen molar-refractivity contribution in [3.8, 4) is 0 Å². The highest BCUT2D eigenvalue weighted by atomic mass is 16.5. The van der Waals surface area contributed by atoms with Crippen LogP contribution in [0.25, 0.3) is 0 Å². The number of nitrogens with one attached hydrogen (secondary N) is 2. The van der Waals surface area contributed by atoms with E-state index in [-0.39, 0.29) is 11.6 Å². The predicted octanol–water partition coefficient (Wildman–Crippen LogP) is -0.407. The first-order chi connectivity index (χ1) is 6.12. The average Bonchev–Trinajstić information content (AvgIpc) is 2.44. The van der Waals surface area contributed by atoms with Gasteiger partial charge >= 0.3 is 0 Å². The van der Waals surface area contributed by atoms with Gasteiger partial charge in [0.2, 0.25) is 5.96 Å². The molecule has 76 valence electrons. The van der Waals surface area contributed by atoms with Gasteiger partial charge in [-0.1, -0.05) is 0 Å². The fourth-order valence-electron chi connectivity index (χ4n) is 1.43. The fourth-order valence-corrected chi connectivity index (χ4v) is 1.43. The number of hydrogen-bond donors (Lipinski definition) is 3. The maximum absolute atomic E-state index is 5.47. The monoisotopic (exact) mass is 186 g/mol. The predicted molar refractivity (Wildman–Crippen MR) is 52.3 cm³/mol. The quantitative estimate of drug-likeness (QED) is 0.225. The molecule has 0 aromatic rings. The first-order valence-electron chi connectivity index (χ1n) is 4.45. The van der Waals surface area contributed by atoms with E-state index in [0.717, 1.165) is 13.0 Å². The van der Waals surface area contributed by atoms with Crippen molar-refractivity contribution in [1.82, 2.24) is 10.7 Å². The van der Waals surface area contributed by atoms with Crippen LogP contribution in [0.5, 0.6) is 0 Å². The third-order valence-electron chi connectivity index (χ3n) is 2.65. The lowest BCUT2D eigenvalue weighted by Gasteiger charge is -2.30. The van der Waals surface area contributed by atoms with Crippen molar-refractivity contribution in [2.45, 2.75) is 31.9 Å². The fraction of sp³-hybridized carbons (Fsp3) is 0.875. The van der Waals surface area contributed by atoms with Crippen LogP contribution >= 0.6 is 0 Å². The van der Waals surface area contributed by atoms with Gasteiger partial charge in [0.25, 0.3) is 0 Å². The topological polar surface area (TPSA) is 71.7 Å². The van der Waals surface area contributed by atoms with Crippen molar-refractivity contribution in [1.29, 1.82) is 0 Å². The number of hydrazine groups is 1. The molecule has 1 aliphatic rings. The molecule has 0 spiro atoms. The SMILES string of the molecule is CN=C(NN)NC1(C)CCOC1C. The van der Waals surface area contributed by atoms with Crippen molar-refractivity contribution in [3.63, 3.8) is 0 Å². The lowest BCUT2D eigenvalue weighted by molar-refractivity contribution is 0.0945. The van der Waals surface area contributed by atoms with Gasteiger partial charge in [0.1, 0.15) is 0 Å². The van der Waals surface area contributed by atoms with E-state index in [0.29, 0.717) is 5.96 Å². The zero-order valence-corrected chi connectivity index (χ0v) is 8.42. The third-order valence-corrected chi connectivity index (χ3v) is 2.65. The molecule has 1 aliphatic heterocycles. The zero-order chi connectivity index (χ0) is 9.90. The van der Waals surface area contributed by atoms with Crippen LogP contribution in [0, 0.1) is 0 Å². The normalized spacial score (nSPS) is 34.8. The van der Waals surface area contributed by atoms with E-state index in [4.69, 9.17) is 10.6 Å². The summed E-state index contributed by atoms with van der Waals surface area (Å²) in [6, 6.07) is 0. The number of hydrogen-bond acceptors (Lipinski definition) is 3. The summed E-state index contributed by atoms with van der Waals surface area (Å²) in [5, 5.41) is 3.23. The minimum atomic E-state index is -0.0682. The standard InChI is InChI=1S/C8H18N4O/c1-6-8(2,4-5-13-6)11-7(10-3)12-9/h6H,4-5,9H2,1-3H3,(H2,10,11,12). The number of rotatable bonds is 1. The van der Waals surface area contributed by atoms with E-state index in [2.05, 4.69) is 22.7 Å². The first kappa shape index (κ1) is 10.3. The Morgan fingerprint density at radius 3 is 2.77 bits per heavy atom. The van der Waals surface area contributed by atoms with Gasteiger partial charge in [-0.15, -0.1) is 0 Å².